The Morgan fingerprint density at radius 3 is 3.00 bits per heavy atom. The Labute approximate surface area is 111 Å². The van der Waals surface area contributed by atoms with E-state index in [0.717, 1.165) is 37.4 Å². The molecule has 2 heterocycles. The van der Waals surface area contributed by atoms with Crippen molar-refractivity contribution in [3.05, 3.63) is 23.2 Å². The van der Waals surface area contributed by atoms with Crippen LogP contribution in [0.3, 0.4) is 0 Å². The minimum Gasteiger partial charge on any atom is -0.308 e. The Kier molecular flexibility index (Phi) is 4.77. The summed E-state index contributed by atoms with van der Waals surface area (Å²) in [5.41, 5.74) is 0.985. The molecule has 0 aliphatic heterocycles. The Morgan fingerprint density at radius 1 is 1.44 bits per heavy atom. The Morgan fingerprint density at radius 2 is 2.33 bits per heavy atom. The summed E-state index contributed by atoms with van der Waals surface area (Å²) in [7, 11) is 0. The van der Waals surface area contributed by atoms with E-state index < -0.39 is 0 Å². The molecule has 0 saturated carbocycles. The predicted octanol–water partition coefficient (Wildman–Crippen LogP) is 1.43. The van der Waals surface area contributed by atoms with Crippen LogP contribution >= 0.6 is 11.5 Å². The van der Waals surface area contributed by atoms with E-state index in [4.69, 9.17) is 0 Å². The highest BCUT2D eigenvalue weighted by molar-refractivity contribution is 7.03. The van der Waals surface area contributed by atoms with E-state index in [1.807, 2.05) is 10.1 Å². The minimum absolute atomic E-state index is 0.165. The first-order valence-corrected chi connectivity index (χ1v) is 7.05. The van der Waals surface area contributed by atoms with Gasteiger partial charge < -0.3 is 5.32 Å². The molecule has 1 unspecified atom stereocenters. The first-order valence-electron chi connectivity index (χ1n) is 6.22. The van der Waals surface area contributed by atoms with Gasteiger partial charge in [-0.3, -0.25) is 4.68 Å². The lowest BCUT2D eigenvalue weighted by Gasteiger charge is -2.15. The highest BCUT2D eigenvalue weighted by Gasteiger charge is 2.17. The number of nitrogens with zero attached hydrogens (tertiary/aromatic N) is 5. The molecule has 0 radical (unpaired) electrons. The van der Waals surface area contributed by atoms with Crippen LogP contribution in [0.2, 0.25) is 0 Å². The zero-order chi connectivity index (χ0) is 12.8. The monoisotopic (exact) mass is 266 g/mol. The molecule has 98 valence electrons. The molecule has 1 N–H and O–H groups in total. The van der Waals surface area contributed by atoms with Crippen molar-refractivity contribution >= 4 is 11.5 Å². The summed E-state index contributed by atoms with van der Waals surface area (Å²) in [6.07, 6.45) is 3.49. The van der Waals surface area contributed by atoms with Crippen molar-refractivity contribution in [2.24, 2.45) is 0 Å². The summed E-state index contributed by atoms with van der Waals surface area (Å²) in [6, 6.07) is 0.165. The lowest BCUT2D eigenvalue weighted by molar-refractivity contribution is 0.487. The molecule has 0 aliphatic rings. The summed E-state index contributed by atoms with van der Waals surface area (Å²) in [5.74, 6) is 0.985. The lowest BCUT2D eigenvalue weighted by Crippen LogP contribution is -2.25. The third-order valence-electron chi connectivity index (χ3n) is 2.76. The van der Waals surface area contributed by atoms with Gasteiger partial charge in [-0.15, -0.1) is 5.10 Å². The second kappa shape index (κ2) is 6.55. The smallest absolute Gasteiger partial charge is 0.138 e. The van der Waals surface area contributed by atoms with E-state index in [1.165, 1.54) is 11.5 Å². The Hall–Kier alpha value is -1.34. The van der Waals surface area contributed by atoms with Crippen LogP contribution in [-0.4, -0.2) is 30.9 Å². The topological polar surface area (TPSA) is 68.5 Å². The zero-order valence-electron chi connectivity index (χ0n) is 10.7. The van der Waals surface area contributed by atoms with Crippen molar-refractivity contribution in [3.63, 3.8) is 0 Å². The average molecular weight is 266 g/mol. The summed E-state index contributed by atoms with van der Waals surface area (Å²) in [5, 5.41) is 13.8. The van der Waals surface area contributed by atoms with Gasteiger partial charge in [0.15, 0.2) is 0 Å². The SMILES string of the molecule is CCCNC(Cc1ncnn1CC)c1csnn1. The van der Waals surface area contributed by atoms with Crippen molar-refractivity contribution in [2.75, 3.05) is 6.54 Å². The fourth-order valence-corrected chi connectivity index (χ4v) is 2.32. The van der Waals surface area contributed by atoms with E-state index in [0.29, 0.717) is 0 Å². The molecule has 2 aromatic heterocycles. The van der Waals surface area contributed by atoms with Gasteiger partial charge in [0.05, 0.1) is 11.7 Å². The quantitative estimate of drug-likeness (QED) is 0.821. The van der Waals surface area contributed by atoms with E-state index in [2.05, 4.69) is 38.8 Å². The summed E-state index contributed by atoms with van der Waals surface area (Å²) in [4.78, 5) is 4.31. The number of rotatable bonds is 7. The van der Waals surface area contributed by atoms with Gasteiger partial charge in [-0.2, -0.15) is 5.10 Å². The van der Waals surface area contributed by atoms with Crippen molar-refractivity contribution in [2.45, 2.75) is 39.3 Å². The number of aryl methyl sites for hydroxylation is 1. The van der Waals surface area contributed by atoms with Crippen LogP contribution in [0, 0.1) is 0 Å². The molecule has 0 aromatic carbocycles. The first-order chi connectivity index (χ1) is 8.85. The van der Waals surface area contributed by atoms with Gasteiger partial charge in [-0.05, 0) is 31.4 Å². The van der Waals surface area contributed by atoms with Crippen LogP contribution in [0.25, 0.3) is 0 Å². The van der Waals surface area contributed by atoms with E-state index in [9.17, 15) is 0 Å². The maximum Gasteiger partial charge on any atom is 0.138 e. The van der Waals surface area contributed by atoms with Crippen LogP contribution in [0.15, 0.2) is 11.7 Å². The minimum atomic E-state index is 0.165. The summed E-state index contributed by atoms with van der Waals surface area (Å²) < 4.78 is 5.85. The molecule has 6 nitrogen and oxygen atoms in total. The highest BCUT2D eigenvalue weighted by atomic mass is 32.1. The van der Waals surface area contributed by atoms with Crippen LogP contribution in [0.1, 0.15) is 37.8 Å². The zero-order valence-corrected chi connectivity index (χ0v) is 11.5. The normalized spacial score (nSPS) is 12.8. The summed E-state index contributed by atoms with van der Waals surface area (Å²) in [6.45, 7) is 6.02. The number of nitrogens with one attached hydrogen (secondary N) is 1. The Bertz CT molecular complexity index is 452. The standard InChI is InChI=1S/C11H18N6S/c1-3-5-12-9(10-7-18-16-15-10)6-11-13-8-14-17(11)4-2/h7-9,12H,3-6H2,1-2H3. The van der Waals surface area contributed by atoms with E-state index in [1.54, 1.807) is 6.33 Å². The third kappa shape index (κ3) is 3.11. The second-order valence-electron chi connectivity index (χ2n) is 4.03. The van der Waals surface area contributed by atoms with Gasteiger partial charge in [0.2, 0.25) is 0 Å². The molecule has 0 fully saturated rings. The van der Waals surface area contributed by atoms with Crippen molar-refractivity contribution in [1.82, 2.24) is 29.7 Å². The molecule has 0 aliphatic carbocycles. The van der Waals surface area contributed by atoms with Crippen molar-refractivity contribution in [3.8, 4) is 0 Å². The van der Waals surface area contributed by atoms with Gasteiger partial charge in [0.1, 0.15) is 12.2 Å². The van der Waals surface area contributed by atoms with Gasteiger partial charge >= 0.3 is 0 Å². The van der Waals surface area contributed by atoms with Crippen LogP contribution in [0.5, 0.6) is 0 Å². The molecule has 0 amide bonds. The fourth-order valence-electron chi connectivity index (χ4n) is 1.82. The number of hydrogen-bond donors (Lipinski definition) is 1. The van der Waals surface area contributed by atoms with Gasteiger partial charge in [-0.25, -0.2) is 4.98 Å². The number of aromatic nitrogens is 5. The third-order valence-corrected chi connectivity index (χ3v) is 3.28. The molecule has 2 aromatic rings. The fraction of sp³-hybridized carbons (Fsp3) is 0.636. The van der Waals surface area contributed by atoms with E-state index in [-0.39, 0.29) is 6.04 Å². The second-order valence-corrected chi connectivity index (χ2v) is 4.64. The average Bonchev–Trinajstić information content (AvgIpc) is 3.04. The molecule has 18 heavy (non-hydrogen) atoms. The molecular weight excluding hydrogens is 248 g/mol. The summed E-state index contributed by atoms with van der Waals surface area (Å²) >= 11 is 1.38. The van der Waals surface area contributed by atoms with Crippen LogP contribution in [-0.2, 0) is 13.0 Å². The molecule has 0 saturated heterocycles. The molecule has 0 spiro atoms. The van der Waals surface area contributed by atoms with E-state index >= 15 is 0 Å². The van der Waals surface area contributed by atoms with Gasteiger partial charge in [0.25, 0.3) is 0 Å². The van der Waals surface area contributed by atoms with Crippen molar-refractivity contribution < 1.29 is 0 Å². The lowest BCUT2D eigenvalue weighted by atomic mass is 10.1. The largest absolute Gasteiger partial charge is 0.308 e. The Balaban J connectivity index is 2.10. The number of hydrogen-bond acceptors (Lipinski definition) is 6. The predicted molar refractivity (Wildman–Crippen MR) is 70.3 cm³/mol. The molecule has 0 bridgehead atoms. The first kappa shape index (κ1) is 13.1. The van der Waals surface area contributed by atoms with Gasteiger partial charge in [0, 0.05) is 18.3 Å². The molecule has 7 heteroatoms. The molecular formula is C11H18N6S. The highest BCUT2D eigenvalue weighted by Crippen LogP contribution is 2.16. The molecule has 2 rings (SSSR count). The van der Waals surface area contributed by atoms with Crippen LogP contribution in [0.4, 0.5) is 0 Å². The van der Waals surface area contributed by atoms with Crippen molar-refractivity contribution in [1.29, 1.82) is 0 Å². The molecule has 1 atom stereocenters. The maximum absolute atomic E-state index is 4.31. The maximum atomic E-state index is 4.31. The van der Waals surface area contributed by atoms with Crippen LogP contribution < -0.4 is 5.32 Å². The van der Waals surface area contributed by atoms with Gasteiger partial charge in [-0.1, -0.05) is 11.4 Å².